The minimum atomic E-state index is -3.77. The molecule has 242 valence electrons. The number of piperazine rings is 1. The van der Waals surface area contributed by atoms with Gasteiger partial charge in [-0.1, -0.05) is 12.1 Å². The molecule has 5 rings (SSSR count). The number of nitrogens with zero attached hydrogens (tertiary/aromatic N) is 3. The van der Waals surface area contributed by atoms with Gasteiger partial charge in [-0.25, -0.2) is 27.3 Å². The van der Waals surface area contributed by atoms with E-state index in [1.165, 1.54) is 12.1 Å². The van der Waals surface area contributed by atoms with Crippen LogP contribution >= 0.6 is 0 Å². The smallest absolute Gasteiger partial charge is 0.410 e. The number of ether oxygens (including phenoxy) is 1. The second-order valence-corrected chi connectivity index (χ2v) is 14.6. The first-order valence-electron chi connectivity index (χ1n) is 15.5. The summed E-state index contributed by atoms with van der Waals surface area (Å²) in [6.45, 7) is 9.69. The number of halogens is 1. The van der Waals surface area contributed by atoms with Crippen LogP contribution in [0.2, 0.25) is 0 Å². The summed E-state index contributed by atoms with van der Waals surface area (Å²) in [6, 6.07) is 14.2. The molecule has 2 amide bonds. The number of rotatable bonds is 7. The first-order chi connectivity index (χ1) is 21.3. The van der Waals surface area contributed by atoms with Crippen LogP contribution in [0.25, 0.3) is 10.9 Å². The molecule has 0 radical (unpaired) electrons. The average Bonchev–Trinajstić information content (AvgIpc) is 3.00. The van der Waals surface area contributed by atoms with E-state index in [0.29, 0.717) is 62.8 Å². The van der Waals surface area contributed by atoms with Crippen molar-refractivity contribution in [3.05, 3.63) is 66.0 Å². The van der Waals surface area contributed by atoms with Crippen molar-refractivity contribution in [3.8, 4) is 0 Å². The van der Waals surface area contributed by atoms with Gasteiger partial charge in [0.2, 0.25) is 15.9 Å². The molecular formula is C33H42FN5O5S. The maximum atomic E-state index is 13.3. The van der Waals surface area contributed by atoms with Crippen LogP contribution in [-0.2, 0) is 19.6 Å². The highest BCUT2D eigenvalue weighted by Crippen LogP contribution is 2.28. The van der Waals surface area contributed by atoms with E-state index in [0.717, 1.165) is 11.4 Å². The van der Waals surface area contributed by atoms with Crippen molar-refractivity contribution in [2.75, 3.05) is 31.1 Å². The summed E-state index contributed by atoms with van der Waals surface area (Å²) in [5, 5.41) is 3.71. The summed E-state index contributed by atoms with van der Waals surface area (Å²) < 4.78 is 48.1. The fourth-order valence-corrected chi connectivity index (χ4v) is 7.15. The molecule has 2 fully saturated rings. The van der Waals surface area contributed by atoms with Gasteiger partial charge in [0.1, 0.15) is 17.2 Å². The van der Waals surface area contributed by atoms with Crippen molar-refractivity contribution in [2.24, 2.45) is 5.92 Å². The van der Waals surface area contributed by atoms with E-state index in [4.69, 9.17) is 9.72 Å². The Labute approximate surface area is 264 Å². The fourth-order valence-electron chi connectivity index (χ4n) is 5.81. The lowest BCUT2D eigenvalue weighted by atomic mass is 9.85. The average molecular weight is 640 g/mol. The summed E-state index contributed by atoms with van der Waals surface area (Å²) in [5.41, 5.74) is 0.967. The van der Waals surface area contributed by atoms with Gasteiger partial charge in [-0.3, -0.25) is 4.79 Å². The quantitative estimate of drug-likeness (QED) is 0.367. The minimum Gasteiger partial charge on any atom is -0.444 e. The highest BCUT2D eigenvalue weighted by Gasteiger charge is 2.30. The molecule has 1 aliphatic carbocycles. The Balaban J connectivity index is 1.14. The molecule has 1 saturated carbocycles. The molecule has 0 bridgehead atoms. The van der Waals surface area contributed by atoms with E-state index in [1.807, 2.05) is 39.8 Å². The van der Waals surface area contributed by atoms with E-state index >= 15 is 0 Å². The predicted molar refractivity (Wildman–Crippen MR) is 171 cm³/mol. The maximum Gasteiger partial charge on any atom is 0.410 e. The van der Waals surface area contributed by atoms with Crippen molar-refractivity contribution < 1.29 is 27.1 Å². The molecule has 45 heavy (non-hydrogen) atoms. The Morgan fingerprint density at radius 2 is 1.62 bits per heavy atom. The van der Waals surface area contributed by atoms with E-state index in [9.17, 15) is 22.4 Å². The Hall–Kier alpha value is -3.77. The molecule has 1 aromatic heterocycles. The highest BCUT2D eigenvalue weighted by molar-refractivity contribution is 7.89. The number of fused-ring (bicyclic) bond motifs is 1. The lowest BCUT2D eigenvalue weighted by molar-refractivity contribution is -0.126. The Morgan fingerprint density at radius 1 is 0.956 bits per heavy atom. The number of carbonyl (C=O) groups excluding carboxylic acids is 2. The monoisotopic (exact) mass is 639 g/mol. The molecule has 1 aliphatic heterocycles. The molecule has 12 heteroatoms. The molecule has 10 nitrogen and oxygen atoms in total. The van der Waals surface area contributed by atoms with Gasteiger partial charge in [-0.2, -0.15) is 0 Å². The van der Waals surface area contributed by atoms with Gasteiger partial charge in [-0.05, 0) is 101 Å². The van der Waals surface area contributed by atoms with Crippen LogP contribution in [0.1, 0.15) is 65.0 Å². The van der Waals surface area contributed by atoms with Crippen LogP contribution < -0.4 is 14.9 Å². The number of anilines is 1. The van der Waals surface area contributed by atoms with E-state index < -0.39 is 15.6 Å². The molecule has 0 unspecified atom stereocenters. The highest BCUT2D eigenvalue weighted by atomic mass is 32.2. The second-order valence-electron chi connectivity index (χ2n) is 12.9. The summed E-state index contributed by atoms with van der Waals surface area (Å²) in [4.78, 5) is 34.0. The standard InChI is InChI=1S/C33H42FN5O5S/c1-22(23-5-10-26(34)11-6-23)35-31(40)24-7-12-27(13-8-24)37-45(42,43)28-14-15-29-25(21-28)9-16-30(36-29)38-17-19-39(20-18-38)32(41)44-33(2,3)4/h5-6,9-11,14-16,21-22,24,27,37H,7-8,12-13,17-20H2,1-4H3,(H,35,40)/t22-,24-,27-/m1/s1. The normalized spacial score (nSPS) is 20.1. The Morgan fingerprint density at radius 3 is 2.27 bits per heavy atom. The fraction of sp³-hybridized carbons (Fsp3) is 0.485. The maximum absolute atomic E-state index is 13.3. The van der Waals surface area contributed by atoms with E-state index in [1.54, 1.807) is 35.2 Å². The van der Waals surface area contributed by atoms with Gasteiger partial charge in [0.15, 0.2) is 0 Å². The number of aromatic nitrogens is 1. The zero-order valence-corrected chi connectivity index (χ0v) is 27.1. The number of amides is 2. The molecule has 1 atom stereocenters. The lowest BCUT2D eigenvalue weighted by Gasteiger charge is -2.36. The molecule has 0 spiro atoms. The summed E-state index contributed by atoms with van der Waals surface area (Å²) in [7, 11) is -3.77. The number of hydrogen-bond donors (Lipinski definition) is 2. The molecule has 2 aliphatic rings. The van der Waals surface area contributed by atoms with Gasteiger partial charge in [-0.15, -0.1) is 0 Å². The van der Waals surface area contributed by atoms with Gasteiger partial charge >= 0.3 is 6.09 Å². The Bertz CT molecular complexity index is 1630. The van der Waals surface area contributed by atoms with Crippen molar-refractivity contribution in [2.45, 2.75) is 76.0 Å². The number of sulfonamides is 1. The topological polar surface area (TPSA) is 121 Å². The SMILES string of the molecule is C[C@@H](NC(=O)[C@H]1CC[C@H](NS(=O)(=O)c2ccc3nc(N4CCN(C(=O)OC(C)(C)C)CC4)ccc3c2)CC1)c1ccc(F)cc1. The predicted octanol–water partition coefficient (Wildman–Crippen LogP) is 5.15. The third-order valence-electron chi connectivity index (χ3n) is 8.36. The van der Waals surface area contributed by atoms with Crippen LogP contribution in [0.4, 0.5) is 15.0 Å². The van der Waals surface area contributed by atoms with Crippen molar-refractivity contribution in [1.82, 2.24) is 19.9 Å². The Kier molecular flexibility index (Phi) is 9.64. The van der Waals surface area contributed by atoms with Crippen LogP contribution in [0, 0.1) is 11.7 Å². The van der Waals surface area contributed by atoms with Gasteiger partial charge in [0.25, 0.3) is 0 Å². The summed E-state index contributed by atoms with van der Waals surface area (Å²) in [6.07, 6.45) is 1.95. The van der Waals surface area contributed by atoms with Crippen molar-refractivity contribution in [1.29, 1.82) is 0 Å². The number of carbonyl (C=O) groups is 2. The van der Waals surface area contributed by atoms with Crippen LogP contribution in [-0.4, -0.2) is 68.1 Å². The minimum absolute atomic E-state index is 0.0700. The van der Waals surface area contributed by atoms with Gasteiger partial charge in [0, 0.05) is 43.5 Å². The number of pyridine rings is 1. The zero-order chi connectivity index (χ0) is 32.4. The first-order valence-corrected chi connectivity index (χ1v) is 17.0. The molecule has 2 heterocycles. The molecular weight excluding hydrogens is 597 g/mol. The lowest BCUT2D eigenvalue weighted by Crippen LogP contribution is -2.50. The largest absolute Gasteiger partial charge is 0.444 e. The van der Waals surface area contributed by atoms with E-state index in [-0.39, 0.29) is 40.7 Å². The van der Waals surface area contributed by atoms with E-state index in [2.05, 4.69) is 14.9 Å². The molecule has 1 saturated heterocycles. The summed E-state index contributed by atoms with van der Waals surface area (Å²) in [5.74, 6) is 0.179. The zero-order valence-electron chi connectivity index (χ0n) is 26.3. The number of hydrogen-bond acceptors (Lipinski definition) is 7. The van der Waals surface area contributed by atoms with Crippen molar-refractivity contribution >= 4 is 38.7 Å². The van der Waals surface area contributed by atoms with Gasteiger partial charge < -0.3 is 19.9 Å². The van der Waals surface area contributed by atoms with Gasteiger partial charge in [0.05, 0.1) is 16.5 Å². The molecule has 3 aromatic rings. The first kappa shape index (κ1) is 32.6. The van der Waals surface area contributed by atoms with Crippen LogP contribution in [0.5, 0.6) is 0 Å². The summed E-state index contributed by atoms with van der Waals surface area (Å²) >= 11 is 0. The van der Waals surface area contributed by atoms with Crippen LogP contribution in [0.15, 0.2) is 59.5 Å². The molecule has 2 N–H and O–H groups in total. The third kappa shape index (κ3) is 8.29. The molecule has 2 aromatic carbocycles. The van der Waals surface area contributed by atoms with Crippen molar-refractivity contribution in [3.63, 3.8) is 0 Å². The third-order valence-corrected chi connectivity index (χ3v) is 9.88. The number of benzene rings is 2. The second kappa shape index (κ2) is 13.3. The van der Waals surface area contributed by atoms with Crippen LogP contribution in [0.3, 0.4) is 0 Å². The number of nitrogens with one attached hydrogen (secondary N) is 2.